The zero-order chi connectivity index (χ0) is 20.8. The molecule has 0 radical (unpaired) electrons. The topological polar surface area (TPSA) is 83.4 Å². The molecule has 1 fully saturated rings. The van der Waals surface area contributed by atoms with Crippen molar-refractivity contribution in [1.29, 1.82) is 0 Å². The molecule has 0 aliphatic heterocycles. The molecule has 0 unspecified atom stereocenters. The summed E-state index contributed by atoms with van der Waals surface area (Å²) in [6.45, 7) is 4.23. The number of fused-ring (bicyclic) bond motifs is 2. The fourth-order valence-corrected chi connectivity index (χ4v) is 5.01. The summed E-state index contributed by atoms with van der Waals surface area (Å²) >= 11 is 0. The van der Waals surface area contributed by atoms with Crippen LogP contribution in [0, 0.1) is 5.92 Å². The lowest BCUT2D eigenvalue weighted by Crippen LogP contribution is -2.34. The van der Waals surface area contributed by atoms with Crippen molar-refractivity contribution in [3.05, 3.63) is 41.6 Å². The molecule has 152 valence electrons. The maximum atomic E-state index is 12.9. The second-order valence-corrected chi connectivity index (χ2v) is 12.0. The van der Waals surface area contributed by atoms with Crippen LogP contribution in [0.1, 0.15) is 35.2 Å². The Bertz CT molecular complexity index is 1150. The van der Waals surface area contributed by atoms with Gasteiger partial charge in [-0.15, -0.1) is 0 Å². The van der Waals surface area contributed by atoms with Gasteiger partial charge in [0.1, 0.15) is 5.52 Å². The van der Waals surface area contributed by atoms with Crippen molar-refractivity contribution in [2.45, 2.75) is 25.4 Å². The normalized spacial score (nSPS) is 14.9. The van der Waals surface area contributed by atoms with Gasteiger partial charge in [-0.2, -0.15) is 0 Å². The largest absolute Gasteiger partial charge is 0.505 e. The Morgan fingerprint density at radius 1 is 1.28 bits per heavy atom. The van der Waals surface area contributed by atoms with E-state index in [1.165, 1.54) is 6.42 Å². The third-order valence-corrected chi connectivity index (χ3v) is 6.75. The molecule has 1 aliphatic carbocycles. The number of amides is 1. The van der Waals surface area contributed by atoms with Gasteiger partial charge in [0.2, 0.25) is 0 Å². The Kier molecular flexibility index (Phi) is 5.07. The quantitative estimate of drug-likeness (QED) is 0.494. The van der Waals surface area contributed by atoms with E-state index in [2.05, 4.69) is 9.97 Å². The first-order valence-corrected chi connectivity index (χ1v) is 12.7. The van der Waals surface area contributed by atoms with Gasteiger partial charge in [-0.05, 0) is 55.9 Å². The van der Waals surface area contributed by atoms with Crippen molar-refractivity contribution in [1.82, 2.24) is 14.9 Å². The van der Waals surface area contributed by atoms with Crippen molar-refractivity contribution < 1.29 is 14.5 Å². The highest BCUT2D eigenvalue weighted by Gasteiger charge is 2.24. The van der Waals surface area contributed by atoms with Crippen molar-refractivity contribution in [3.8, 4) is 5.75 Å². The Morgan fingerprint density at radius 3 is 2.69 bits per heavy atom. The fourth-order valence-electron chi connectivity index (χ4n) is 3.91. The van der Waals surface area contributed by atoms with Gasteiger partial charge in [0.15, 0.2) is 11.4 Å². The number of hydrogen-bond donors (Lipinski definition) is 1. The Morgan fingerprint density at radius 2 is 2.03 bits per heavy atom. The molecule has 29 heavy (non-hydrogen) atoms. The number of carbonyl (C=O) groups is 1. The van der Waals surface area contributed by atoms with Gasteiger partial charge >= 0.3 is 0 Å². The number of rotatable bonds is 5. The Labute approximate surface area is 170 Å². The summed E-state index contributed by atoms with van der Waals surface area (Å²) in [6, 6.07) is 7.23. The minimum atomic E-state index is -2.26. The second-order valence-electron chi connectivity index (χ2n) is 8.58. The van der Waals surface area contributed by atoms with E-state index in [0.717, 1.165) is 29.2 Å². The molecule has 0 atom stereocenters. The predicted octanol–water partition coefficient (Wildman–Crippen LogP) is 4.48. The molecule has 0 spiro atoms. The average Bonchev–Trinajstić information content (AvgIpc) is 2.62. The van der Waals surface area contributed by atoms with Crippen molar-refractivity contribution in [2.24, 2.45) is 5.92 Å². The van der Waals surface area contributed by atoms with Gasteiger partial charge in [-0.25, -0.2) is 9.97 Å². The van der Waals surface area contributed by atoms with E-state index in [1.807, 2.05) is 12.1 Å². The number of hydrogen-bond acceptors (Lipinski definition) is 5. The molecule has 2 heterocycles. The van der Waals surface area contributed by atoms with Crippen LogP contribution >= 0.6 is 7.14 Å². The molecule has 3 aromatic rings. The first kappa shape index (κ1) is 19.8. The first-order chi connectivity index (χ1) is 13.7. The van der Waals surface area contributed by atoms with Crippen LogP contribution in [0.25, 0.3) is 21.9 Å². The van der Waals surface area contributed by atoms with E-state index in [1.54, 1.807) is 43.6 Å². The predicted molar refractivity (Wildman–Crippen MR) is 116 cm³/mol. The van der Waals surface area contributed by atoms with E-state index >= 15 is 0 Å². The van der Waals surface area contributed by atoms with E-state index in [-0.39, 0.29) is 17.2 Å². The highest BCUT2D eigenvalue weighted by atomic mass is 31.2. The number of nitrogens with zero attached hydrogens (tertiary/aromatic N) is 3. The number of carbonyl (C=O) groups excluding carboxylic acids is 1. The molecular weight excluding hydrogens is 385 g/mol. The summed E-state index contributed by atoms with van der Waals surface area (Å²) in [7, 11) is -0.481. The molecule has 2 aromatic heterocycles. The number of aromatic hydroxyl groups is 1. The standard InChI is InChI=1S/C22H26N3O3P/c1-25(12-14-5-4-6-14)22(27)17-8-7-15-11-18-16(13-29(2,3)28)9-10-23-21(18)24-19(15)20(17)26/h7-11,14,26H,4-6,12-13H2,1-3H3. The zero-order valence-electron chi connectivity index (χ0n) is 17.1. The summed E-state index contributed by atoms with van der Waals surface area (Å²) in [6.07, 6.45) is 5.65. The highest BCUT2D eigenvalue weighted by molar-refractivity contribution is 7.61. The first-order valence-electron chi connectivity index (χ1n) is 9.93. The van der Waals surface area contributed by atoms with E-state index in [4.69, 9.17) is 0 Å². The molecule has 1 N–H and O–H groups in total. The molecular formula is C22H26N3O3P. The van der Waals surface area contributed by atoms with E-state index in [9.17, 15) is 14.5 Å². The van der Waals surface area contributed by atoms with E-state index in [0.29, 0.717) is 29.8 Å². The van der Waals surface area contributed by atoms with Crippen LogP contribution in [0.15, 0.2) is 30.5 Å². The fraction of sp³-hybridized carbons (Fsp3) is 0.409. The minimum absolute atomic E-state index is 0.112. The van der Waals surface area contributed by atoms with Crippen LogP contribution in [-0.2, 0) is 10.7 Å². The van der Waals surface area contributed by atoms with Gasteiger partial charge in [0.25, 0.3) is 5.91 Å². The zero-order valence-corrected chi connectivity index (χ0v) is 17.9. The summed E-state index contributed by atoms with van der Waals surface area (Å²) < 4.78 is 12.3. The summed E-state index contributed by atoms with van der Waals surface area (Å²) in [5.41, 5.74) is 2.03. The van der Waals surface area contributed by atoms with Crippen LogP contribution in [0.2, 0.25) is 0 Å². The lowest BCUT2D eigenvalue weighted by atomic mass is 9.85. The SMILES string of the molecule is CN(CC1CCC1)C(=O)c1ccc2cc3c(CP(C)(C)=O)ccnc3nc2c1O. The lowest BCUT2D eigenvalue weighted by Gasteiger charge is -2.30. The molecule has 6 nitrogen and oxygen atoms in total. The second kappa shape index (κ2) is 7.42. The summed E-state index contributed by atoms with van der Waals surface area (Å²) in [5.74, 6) is 0.251. The molecule has 0 saturated heterocycles. The van der Waals surface area contributed by atoms with E-state index < -0.39 is 7.14 Å². The smallest absolute Gasteiger partial charge is 0.257 e. The van der Waals surface area contributed by atoms with Crippen LogP contribution in [0.4, 0.5) is 0 Å². The van der Waals surface area contributed by atoms with Crippen LogP contribution in [0.3, 0.4) is 0 Å². The number of pyridine rings is 2. The minimum Gasteiger partial charge on any atom is -0.505 e. The Balaban J connectivity index is 1.75. The third-order valence-electron chi connectivity index (χ3n) is 5.64. The van der Waals surface area contributed by atoms with Crippen LogP contribution in [0.5, 0.6) is 5.75 Å². The molecule has 1 aliphatic rings. The summed E-state index contributed by atoms with van der Waals surface area (Å²) in [4.78, 5) is 23.4. The van der Waals surface area contributed by atoms with Gasteiger partial charge in [-0.1, -0.05) is 12.5 Å². The molecule has 0 bridgehead atoms. The monoisotopic (exact) mass is 411 g/mol. The molecule has 7 heteroatoms. The molecule has 1 aromatic carbocycles. The average molecular weight is 411 g/mol. The van der Waals surface area contributed by atoms with Crippen LogP contribution < -0.4 is 0 Å². The maximum absolute atomic E-state index is 12.9. The molecule has 1 saturated carbocycles. The van der Waals surface area contributed by atoms with Crippen LogP contribution in [-0.4, -0.2) is 52.8 Å². The van der Waals surface area contributed by atoms with Gasteiger partial charge in [-0.3, -0.25) is 4.79 Å². The van der Waals surface area contributed by atoms with Gasteiger partial charge in [0, 0.05) is 36.7 Å². The lowest BCUT2D eigenvalue weighted by molar-refractivity contribution is 0.0742. The number of benzene rings is 1. The highest BCUT2D eigenvalue weighted by Crippen LogP contribution is 2.42. The number of phenols is 1. The van der Waals surface area contributed by atoms with Gasteiger partial charge < -0.3 is 14.6 Å². The third kappa shape index (κ3) is 3.99. The summed E-state index contributed by atoms with van der Waals surface area (Å²) in [5, 5.41) is 12.4. The maximum Gasteiger partial charge on any atom is 0.257 e. The Hall–Kier alpha value is -2.46. The van der Waals surface area contributed by atoms with Crippen molar-refractivity contribution in [2.75, 3.05) is 26.9 Å². The number of phenolic OH excluding ortho intramolecular Hbond substituents is 1. The van der Waals surface area contributed by atoms with Gasteiger partial charge in [0.05, 0.1) is 12.7 Å². The molecule has 4 rings (SSSR count). The van der Waals surface area contributed by atoms with Crippen molar-refractivity contribution >= 4 is 35.0 Å². The molecule has 1 amide bonds. The van der Waals surface area contributed by atoms with Crippen molar-refractivity contribution in [3.63, 3.8) is 0 Å². The number of aromatic nitrogens is 2.